The lowest BCUT2D eigenvalue weighted by Gasteiger charge is -2.38. The Hall–Kier alpha value is -4.54. The van der Waals surface area contributed by atoms with E-state index in [2.05, 4.69) is 44.3 Å². The van der Waals surface area contributed by atoms with Crippen LogP contribution in [0.3, 0.4) is 0 Å². The van der Waals surface area contributed by atoms with Crippen LogP contribution < -0.4 is 9.64 Å². The van der Waals surface area contributed by atoms with Crippen LogP contribution in [0.15, 0.2) is 60.8 Å². The van der Waals surface area contributed by atoms with Crippen molar-refractivity contribution in [2.24, 2.45) is 5.92 Å². The summed E-state index contributed by atoms with van der Waals surface area (Å²) in [5.74, 6) is 0.553. The van der Waals surface area contributed by atoms with Gasteiger partial charge >= 0.3 is 6.09 Å². The molecule has 2 aromatic carbocycles. The number of anilines is 1. The Kier molecular flexibility index (Phi) is 8.69. The molecular formula is C34H42N6O5. The number of aromatic amines is 1. The van der Waals surface area contributed by atoms with Crippen molar-refractivity contribution in [1.29, 1.82) is 0 Å². The number of carbonyl (C=O) groups excluding carboxylic acids is 2. The molecule has 2 saturated heterocycles. The number of H-pyrrole nitrogens is 1. The Balaban J connectivity index is 1.08. The van der Waals surface area contributed by atoms with Gasteiger partial charge in [-0.2, -0.15) is 5.10 Å². The molecule has 11 nitrogen and oxygen atoms in total. The second kappa shape index (κ2) is 12.8. The Labute approximate surface area is 263 Å². The first-order valence-corrected chi connectivity index (χ1v) is 15.9. The number of benzene rings is 2. The van der Waals surface area contributed by atoms with Crippen molar-refractivity contribution in [2.75, 3.05) is 44.2 Å². The lowest BCUT2D eigenvalue weighted by molar-refractivity contribution is -0.147. The monoisotopic (exact) mass is 614 g/mol. The predicted molar refractivity (Wildman–Crippen MR) is 170 cm³/mol. The molecule has 1 atom stereocenters. The molecule has 2 aliphatic heterocycles. The number of hydrogen-bond donors (Lipinski definition) is 2. The minimum atomic E-state index is -1.12. The van der Waals surface area contributed by atoms with Gasteiger partial charge in [0.1, 0.15) is 5.75 Å². The lowest BCUT2D eigenvalue weighted by Crippen LogP contribution is -2.56. The van der Waals surface area contributed by atoms with Crippen LogP contribution >= 0.6 is 0 Å². The second-order valence-electron chi connectivity index (χ2n) is 12.8. The summed E-state index contributed by atoms with van der Waals surface area (Å²) in [6, 6.07) is 18.3. The smallest absolute Gasteiger partial charge is 0.407 e. The summed E-state index contributed by atoms with van der Waals surface area (Å²) in [4.78, 5) is 45.8. The number of ether oxygens (including phenoxy) is 1. The average molecular weight is 615 g/mol. The molecule has 3 aromatic rings. The van der Waals surface area contributed by atoms with Crippen molar-refractivity contribution in [2.45, 2.75) is 57.7 Å². The van der Waals surface area contributed by atoms with E-state index in [0.717, 1.165) is 54.7 Å². The molecular weight excluding hydrogens is 572 g/mol. The van der Waals surface area contributed by atoms with Crippen LogP contribution in [0.5, 0.6) is 5.75 Å². The number of carboxylic acid groups (broad SMARTS) is 1. The van der Waals surface area contributed by atoms with Gasteiger partial charge in [-0.1, -0.05) is 30.3 Å². The summed E-state index contributed by atoms with van der Waals surface area (Å²) in [7, 11) is 0. The number of piperidine rings is 1. The summed E-state index contributed by atoms with van der Waals surface area (Å²) in [6.45, 7) is 6.86. The largest absolute Gasteiger partial charge is 0.478 e. The molecule has 11 heteroatoms. The molecule has 1 aliphatic carbocycles. The van der Waals surface area contributed by atoms with Gasteiger partial charge in [0.15, 0.2) is 5.60 Å². The molecule has 238 valence electrons. The van der Waals surface area contributed by atoms with Crippen molar-refractivity contribution in [3.05, 3.63) is 66.4 Å². The third-order valence-electron chi connectivity index (χ3n) is 9.07. The summed E-state index contributed by atoms with van der Waals surface area (Å²) in [5, 5.41) is 16.2. The maximum Gasteiger partial charge on any atom is 0.407 e. The SMILES string of the molecule is CC(C)(Oc1cccc(N2CCCC(C(=O)N(Cc3ccc(-c4ccn[nH]4)cc3)C3CC3)C2)c1)C(=O)N1CCN(C(=O)O)CC1. The number of carbonyl (C=O) groups is 3. The number of hydrogen-bond acceptors (Lipinski definition) is 6. The molecule has 45 heavy (non-hydrogen) atoms. The van der Waals surface area contributed by atoms with E-state index in [-0.39, 0.29) is 30.8 Å². The molecule has 1 unspecified atom stereocenters. The summed E-state index contributed by atoms with van der Waals surface area (Å²) in [6.07, 6.45) is 4.67. The highest BCUT2D eigenvalue weighted by atomic mass is 16.5. The number of nitrogens with one attached hydrogen (secondary N) is 1. The van der Waals surface area contributed by atoms with Crippen molar-refractivity contribution in [3.8, 4) is 17.0 Å². The molecule has 6 rings (SSSR count). The van der Waals surface area contributed by atoms with Crippen LogP contribution in [0, 0.1) is 5.92 Å². The van der Waals surface area contributed by atoms with Crippen LogP contribution in [-0.2, 0) is 16.1 Å². The first kappa shape index (κ1) is 30.5. The van der Waals surface area contributed by atoms with Gasteiger partial charge in [-0.3, -0.25) is 14.7 Å². The van der Waals surface area contributed by atoms with Gasteiger partial charge in [-0.05, 0) is 68.9 Å². The Bertz CT molecular complexity index is 1500. The molecule has 0 radical (unpaired) electrons. The summed E-state index contributed by atoms with van der Waals surface area (Å²) >= 11 is 0. The molecule has 3 amide bonds. The fourth-order valence-electron chi connectivity index (χ4n) is 6.39. The molecule has 3 heterocycles. The fourth-order valence-corrected chi connectivity index (χ4v) is 6.39. The standard InChI is InChI=1S/C34H42N6O5/c1-34(2,32(42)37-17-19-38(20-18-37)33(43)44)45-29-7-3-6-28(21-29)39-16-4-5-26(23-39)31(41)40(27-12-13-27)22-24-8-10-25(11-9-24)30-14-15-35-36-30/h3,6-11,14-15,21,26-27H,4-5,12-13,16-20,22-23H2,1-2H3,(H,35,36)(H,43,44). The van der Waals surface area contributed by atoms with Gasteiger partial charge in [0, 0.05) is 69.8 Å². The van der Waals surface area contributed by atoms with Crippen molar-refractivity contribution in [3.63, 3.8) is 0 Å². The van der Waals surface area contributed by atoms with Gasteiger partial charge in [-0.25, -0.2) is 4.79 Å². The maximum atomic E-state index is 13.9. The Morgan fingerprint density at radius 2 is 1.71 bits per heavy atom. The minimum absolute atomic E-state index is 0.0873. The van der Waals surface area contributed by atoms with Gasteiger partial charge < -0.3 is 29.4 Å². The number of piperazine rings is 1. The number of aromatic nitrogens is 2. The zero-order chi connectivity index (χ0) is 31.6. The first-order valence-electron chi connectivity index (χ1n) is 15.9. The molecule has 1 saturated carbocycles. The zero-order valence-corrected chi connectivity index (χ0v) is 26.0. The molecule has 2 N–H and O–H groups in total. The Morgan fingerprint density at radius 3 is 2.38 bits per heavy atom. The van der Waals surface area contributed by atoms with E-state index in [1.54, 1.807) is 24.9 Å². The highest BCUT2D eigenvalue weighted by molar-refractivity contribution is 5.85. The van der Waals surface area contributed by atoms with E-state index in [9.17, 15) is 19.5 Å². The van der Waals surface area contributed by atoms with Crippen molar-refractivity contribution < 1.29 is 24.2 Å². The second-order valence-corrected chi connectivity index (χ2v) is 12.8. The predicted octanol–water partition coefficient (Wildman–Crippen LogP) is 4.46. The minimum Gasteiger partial charge on any atom is -0.478 e. The number of nitrogens with zero attached hydrogens (tertiary/aromatic N) is 5. The van der Waals surface area contributed by atoms with Crippen LogP contribution in [0.1, 0.15) is 45.1 Å². The van der Waals surface area contributed by atoms with Gasteiger partial charge in [-0.15, -0.1) is 0 Å². The van der Waals surface area contributed by atoms with E-state index in [1.165, 1.54) is 4.90 Å². The highest BCUT2D eigenvalue weighted by Crippen LogP contribution is 2.34. The fraction of sp³-hybridized carbons (Fsp3) is 0.471. The average Bonchev–Trinajstić information content (AvgIpc) is 3.75. The quantitative estimate of drug-likeness (QED) is 0.365. The summed E-state index contributed by atoms with van der Waals surface area (Å²) < 4.78 is 6.24. The normalized spacial score (nSPS) is 18.9. The van der Waals surface area contributed by atoms with Gasteiger partial charge in [0.05, 0.1) is 11.6 Å². The van der Waals surface area contributed by atoms with Crippen molar-refractivity contribution >= 4 is 23.6 Å². The van der Waals surface area contributed by atoms with Crippen LogP contribution in [0.25, 0.3) is 11.3 Å². The van der Waals surface area contributed by atoms with E-state index in [1.807, 2.05) is 30.3 Å². The van der Waals surface area contributed by atoms with Gasteiger partial charge in [0.25, 0.3) is 5.91 Å². The maximum absolute atomic E-state index is 13.9. The molecule has 1 aromatic heterocycles. The molecule has 0 bridgehead atoms. The Morgan fingerprint density at radius 1 is 0.978 bits per heavy atom. The van der Waals surface area contributed by atoms with E-state index >= 15 is 0 Å². The third-order valence-corrected chi connectivity index (χ3v) is 9.07. The molecule has 0 spiro atoms. The van der Waals surface area contributed by atoms with Gasteiger partial charge in [0.2, 0.25) is 5.91 Å². The van der Waals surface area contributed by atoms with Crippen LogP contribution in [-0.4, -0.2) is 98.8 Å². The van der Waals surface area contributed by atoms with E-state index in [4.69, 9.17) is 4.74 Å². The molecule has 3 fully saturated rings. The highest BCUT2D eigenvalue weighted by Gasteiger charge is 2.38. The van der Waals surface area contributed by atoms with E-state index < -0.39 is 11.7 Å². The molecule has 3 aliphatic rings. The topological polar surface area (TPSA) is 122 Å². The van der Waals surface area contributed by atoms with Crippen LogP contribution in [0.2, 0.25) is 0 Å². The number of rotatable bonds is 9. The first-order chi connectivity index (χ1) is 21.7. The zero-order valence-electron chi connectivity index (χ0n) is 26.0. The third kappa shape index (κ3) is 7.08. The summed E-state index contributed by atoms with van der Waals surface area (Å²) in [5.41, 5.74) is 3.01. The van der Waals surface area contributed by atoms with E-state index in [0.29, 0.717) is 38.0 Å². The lowest BCUT2D eigenvalue weighted by atomic mass is 9.95. The number of amides is 3. The van der Waals surface area contributed by atoms with Crippen LogP contribution in [0.4, 0.5) is 10.5 Å². The van der Waals surface area contributed by atoms with Crippen molar-refractivity contribution in [1.82, 2.24) is 24.9 Å².